The van der Waals surface area contributed by atoms with Crippen LogP contribution in [-0.2, 0) is 4.74 Å². The monoisotopic (exact) mass is 309 g/mol. The molecular weight excluding hydrogens is 285 g/mol. The first-order chi connectivity index (χ1) is 10.2. The van der Waals surface area contributed by atoms with Crippen molar-refractivity contribution >= 4 is 11.9 Å². The number of hydrogen-bond acceptors (Lipinski definition) is 4. The van der Waals surface area contributed by atoms with Gasteiger partial charge in [0.25, 0.3) is 0 Å². The molecule has 2 heterocycles. The molecule has 122 valence electrons. The first kappa shape index (κ1) is 16.5. The maximum Gasteiger partial charge on any atom is 0.410 e. The Morgan fingerprint density at radius 1 is 1.50 bits per heavy atom. The summed E-state index contributed by atoms with van der Waals surface area (Å²) >= 11 is 0. The number of pyridine rings is 1. The smallest absolute Gasteiger partial charge is 0.410 e. The summed E-state index contributed by atoms with van der Waals surface area (Å²) in [5.41, 5.74) is 0.265. The molecule has 6 heteroatoms. The van der Waals surface area contributed by atoms with Gasteiger partial charge in [0, 0.05) is 19.1 Å². The number of carbonyl (C=O) groups excluding carboxylic acids is 1. The van der Waals surface area contributed by atoms with Crippen molar-refractivity contribution in [3.05, 3.63) is 23.6 Å². The molecule has 0 unspecified atom stereocenters. The van der Waals surface area contributed by atoms with Gasteiger partial charge in [0.05, 0.1) is 6.20 Å². The van der Waals surface area contributed by atoms with E-state index in [-0.39, 0.29) is 18.0 Å². The normalized spacial score (nSPS) is 19.0. The molecule has 5 nitrogen and oxygen atoms in total. The molecule has 1 aliphatic heterocycles. The van der Waals surface area contributed by atoms with Crippen LogP contribution in [0.3, 0.4) is 0 Å². The molecule has 0 aromatic carbocycles. The molecule has 1 aliphatic rings. The Labute approximate surface area is 130 Å². The van der Waals surface area contributed by atoms with Crippen LogP contribution >= 0.6 is 0 Å². The third-order valence-electron chi connectivity index (χ3n) is 3.46. The van der Waals surface area contributed by atoms with E-state index in [1.807, 2.05) is 27.7 Å². The van der Waals surface area contributed by atoms with Gasteiger partial charge >= 0.3 is 6.09 Å². The second kappa shape index (κ2) is 6.50. The predicted molar refractivity (Wildman–Crippen MR) is 83.4 cm³/mol. The average Bonchev–Trinajstić information content (AvgIpc) is 2.40. The first-order valence-corrected chi connectivity index (χ1v) is 7.61. The van der Waals surface area contributed by atoms with Crippen molar-refractivity contribution in [2.24, 2.45) is 0 Å². The van der Waals surface area contributed by atoms with E-state index in [9.17, 15) is 9.18 Å². The summed E-state index contributed by atoms with van der Waals surface area (Å²) in [6.45, 7) is 8.65. The van der Waals surface area contributed by atoms with E-state index in [0.717, 1.165) is 18.4 Å². The third kappa shape index (κ3) is 4.58. The van der Waals surface area contributed by atoms with Crippen LogP contribution in [0.5, 0.6) is 0 Å². The highest BCUT2D eigenvalue weighted by Gasteiger charge is 2.27. The fourth-order valence-electron chi connectivity index (χ4n) is 2.47. The number of amides is 1. The zero-order chi connectivity index (χ0) is 16.3. The lowest BCUT2D eigenvalue weighted by Gasteiger charge is -2.34. The number of aryl methyl sites for hydroxylation is 1. The summed E-state index contributed by atoms with van der Waals surface area (Å²) in [5, 5.41) is 3.30. The largest absolute Gasteiger partial charge is 0.444 e. The van der Waals surface area contributed by atoms with Crippen LogP contribution in [0.2, 0.25) is 0 Å². The van der Waals surface area contributed by atoms with Crippen LogP contribution in [0.25, 0.3) is 0 Å². The summed E-state index contributed by atoms with van der Waals surface area (Å²) in [7, 11) is 0. The predicted octanol–water partition coefficient (Wildman–Crippen LogP) is 3.34. The molecule has 0 bridgehead atoms. The number of nitrogens with one attached hydrogen (secondary N) is 1. The van der Waals surface area contributed by atoms with Crippen molar-refractivity contribution in [3.8, 4) is 0 Å². The van der Waals surface area contributed by atoms with Crippen LogP contribution in [0, 0.1) is 12.7 Å². The van der Waals surface area contributed by atoms with E-state index < -0.39 is 5.60 Å². The Balaban J connectivity index is 1.97. The van der Waals surface area contributed by atoms with Crippen molar-refractivity contribution in [3.63, 3.8) is 0 Å². The lowest BCUT2D eigenvalue weighted by Crippen LogP contribution is -2.47. The number of nitrogens with zero attached hydrogens (tertiary/aromatic N) is 2. The van der Waals surface area contributed by atoms with Crippen LogP contribution < -0.4 is 5.32 Å². The molecular formula is C16H24FN3O2. The molecule has 1 aromatic rings. The van der Waals surface area contributed by atoms with E-state index in [4.69, 9.17) is 4.74 Å². The van der Waals surface area contributed by atoms with Gasteiger partial charge in [-0.2, -0.15) is 0 Å². The summed E-state index contributed by atoms with van der Waals surface area (Å²) < 4.78 is 18.5. The van der Waals surface area contributed by atoms with E-state index in [0.29, 0.717) is 18.9 Å². The number of likely N-dealkylation sites (tertiary alicyclic amines) is 1. The zero-order valence-electron chi connectivity index (χ0n) is 13.6. The second-order valence-electron chi connectivity index (χ2n) is 6.73. The topological polar surface area (TPSA) is 54.5 Å². The van der Waals surface area contributed by atoms with Gasteiger partial charge in [0.1, 0.15) is 17.2 Å². The summed E-state index contributed by atoms with van der Waals surface area (Å²) in [4.78, 5) is 17.9. The van der Waals surface area contributed by atoms with Gasteiger partial charge in [-0.25, -0.2) is 14.2 Å². The summed E-state index contributed by atoms with van der Waals surface area (Å²) in [6.07, 6.45) is 2.75. The van der Waals surface area contributed by atoms with Crippen molar-refractivity contribution in [1.82, 2.24) is 9.88 Å². The van der Waals surface area contributed by atoms with Gasteiger partial charge in [-0.3, -0.25) is 0 Å². The molecule has 1 fully saturated rings. The Morgan fingerprint density at radius 3 is 2.86 bits per heavy atom. The number of piperidine rings is 1. The number of hydrogen-bond donors (Lipinski definition) is 1. The SMILES string of the molecule is Cc1cc(F)cnc1N[C@@H]1CCCN(C(=O)OC(C)(C)C)C1. The highest BCUT2D eigenvalue weighted by atomic mass is 19.1. The molecule has 22 heavy (non-hydrogen) atoms. The molecule has 0 radical (unpaired) electrons. The van der Waals surface area contributed by atoms with E-state index >= 15 is 0 Å². The standard InChI is InChI=1S/C16H24FN3O2/c1-11-8-12(17)9-18-14(11)19-13-6-5-7-20(10-13)15(21)22-16(2,3)4/h8-9,13H,5-7,10H2,1-4H3,(H,18,19)/t13-/m1/s1. The van der Waals surface area contributed by atoms with Crippen LogP contribution in [0.15, 0.2) is 12.3 Å². The van der Waals surface area contributed by atoms with Crippen molar-refractivity contribution < 1.29 is 13.9 Å². The summed E-state index contributed by atoms with van der Waals surface area (Å²) in [6, 6.07) is 1.54. The number of ether oxygens (including phenoxy) is 1. The number of aromatic nitrogens is 1. The van der Waals surface area contributed by atoms with Crippen LogP contribution in [0.4, 0.5) is 15.0 Å². The molecule has 1 saturated heterocycles. The van der Waals surface area contributed by atoms with E-state index in [1.54, 1.807) is 4.90 Å². The van der Waals surface area contributed by atoms with Crippen molar-refractivity contribution in [2.45, 2.75) is 52.2 Å². The minimum absolute atomic E-state index is 0.0953. The molecule has 0 saturated carbocycles. The highest BCUT2D eigenvalue weighted by molar-refractivity contribution is 5.68. The summed E-state index contributed by atoms with van der Waals surface area (Å²) in [5.74, 6) is 0.319. The third-order valence-corrected chi connectivity index (χ3v) is 3.46. The lowest BCUT2D eigenvalue weighted by molar-refractivity contribution is 0.0206. The quantitative estimate of drug-likeness (QED) is 0.910. The number of rotatable bonds is 2. The maximum absolute atomic E-state index is 13.1. The number of anilines is 1. The number of carbonyl (C=O) groups is 1. The average molecular weight is 309 g/mol. The number of halogens is 1. The Hall–Kier alpha value is -1.85. The van der Waals surface area contributed by atoms with Gasteiger partial charge in [-0.05, 0) is 52.2 Å². The minimum atomic E-state index is -0.493. The van der Waals surface area contributed by atoms with Gasteiger partial charge in [-0.15, -0.1) is 0 Å². The van der Waals surface area contributed by atoms with E-state index in [1.165, 1.54) is 12.3 Å². The van der Waals surface area contributed by atoms with Crippen molar-refractivity contribution in [1.29, 1.82) is 0 Å². The molecule has 1 N–H and O–H groups in total. The first-order valence-electron chi connectivity index (χ1n) is 7.61. The van der Waals surface area contributed by atoms with Gasteiger partial charge < -0.3 is 15.0 Å². The van der Waals surface area contributed by atoms with Gasteiger partial charge in [0.2, 0.25) is 0 Å². The van der Waals surface area contributed by atoms with Gasteiger partial charge in [-0.1, -0.05) is 0 Å². The fraction of sp³-hybridized carbons (Fsp3) is 0.625. The Morgan fingerprint density at radius 2 is 2.23 bits per heavy atom. The minimum Gasteiger partial charge on any atom is -0.444 e. The van der Waals surface area contributed by atoms with Crippen LogP contribution in [-0.4, -0.2) is 40.7 Å². The molecule has 0 aliphatic carbocycles. The molecule has 1 amide bonds. The molecule has 2 rings (SSSR count). The highest BCUT2D eigenvalue weighted by Crippen LogP contribution is 2.19. The molecule has 1 aromatic heterocycles. The van der Waals surface area contributed by atoms with Gasteiger partial charge in [0.15, 0.2) is 0 Å². The maximum atomic E-state index is 13.1. The lowest BCUT2D eigenvalue weighted by atomic mass is 10.1. The zero-order valence-corrected chi connectivity index (χ0v) is 13.6. The van der Waals surface area contributed by atoms with Crippen molar-refractivity contribution in [2.75, 3.05) is 18.4 Å². The molecule has 1 atom stereocenters. The Bertz CT molecular complexity index is 543. The molecule has 0 spiro atoms. The second-order valence-corrected chi connectivity index (χ2v) is 6.73. The van der Waals surface area contributed by atoms with Crippen LogP contribution in [0.1, 0.15) is 39.2 Å². The fourth-order valence-corrected chi connectivity index (χ4v) is 2.47. The van der Waals surface area contributed by atoms with E-state index in [2.05, 4.69) is 10.3 Å². The Kier molecular flexibility index (Phi) is 4.88.